The van der Waals surface area contributed by atoms with Crippen LogP contribution >= 0.6 is 0 Å². The molecule has 0 rings (SSSR count). The number of carbonyl (C=O) groups is 2. The number of nitrogens with one attached hydrogen (secondary N) is 2. The van der Waals surface area contributed by atoms with Gasteiger partial charge >= 0.3 is 6.09 Å². The summed E-state index contributed by atoms with van der Waals surface area (Å²) in [4.78, 5) is 22.8. The third-order valence-corrected chi connectivity index (χ3v) is 2.22. The molecule has 2 amide bonds. The highest BCUT2D eigenvalue weighted by Crippen LogP contribution is 2.10. The molecule has 0 aromatic heterocycles. The number of ether oxygens (including phenoxy) is 1. The van der Waals surface area contributed by atoms with Gasteiger partial charge in [-0.3, -0.25) is 4.79 Å². The minimum Gasteiger partial charge on any atom is -0.444 e. The van der Waals surface area contributed by atoms with Crippen LogP contribution in [-0.4, -0.2) is 35.0 Å². The van der Waals surface area contributed by atoms with Gasteiger partial charge in [0, 0.05) is 0 Å². The maximum Gasteiger partial charge on any atom is 0.408 e. The molecule has 0 saturated heterocycles. The SMILES string of the molecule is C=CC(=O)NC(O)[C@@H](NC(=O)OC(C)(C)C)C(C)C. The van der Waals surface area contributed by atoms with Gasteiger partial charge in [0.2, 0.25) is 5.91 Å². The fourth-order valence-corrected chi connectivity index (χ4v) is 1.35. The summed E-state index contributed by atoms with van der Waals surface area (Å²) < 4.78 is 5.11. The molecule has 0 spiro atoms. The quantitative estimate of drug-likeness (QED) is 0.517. The van der Waals surface area contributed by atoms with Crippen molar-refractivity contribution in [1.29, 1.82) is 0 Å². The lowest BCUT2D eigenvalue weighted by atomic mass is 10.0. The van der Waals surface area contributed by atoms with Gasteiger partial charge in [-0.05, 0) is 32.8 Å². The number of amides is 2. The zero-order chi connectivity index (χ0) is 15.2. The molecular weight excluding hydrogens is 248 g/mol. The van der Waals surface area contributed by atoms with E-state index < -0.39 is 29.9 Å². The van der Waals surface area contributed by atoms with Crippen LogP contribution in [0.15, 0.2) is 12.7 Å². The summed E-state index contributed by atoms with van der Waals surface area (Å²) in [6.45, 7) is 12.1. The summed E-state index contributed by atoms with van der Waals surface area (Å²) in [5, 5.41) is 14.7. The molecule has 0 aliphatic heterocycles. The van der Waals surface area contributed by atoms with Crippen molar-refractivity contribution in [2.45, 2.75) is 52.5 Å². The highest BCUT2D eigenvalue weighted by atomic mass is 16.6. The van der Waals surface area contributed by atoms with Crippen LogP contribution in [0.4, 0.5) is 4.79 Å². The van der Waals surface area contributed by atoms with Crippen molar-refractivity contribution in [3.8, 4) is 0 Å². The smallest absolute Gasteiger partial charge is 0.408 e. The van der Waals surface area contributed by atoms with E-state index in [4.69, 9.17) is 4.74 Å². The van der Waals surface area contributed by atoms with Crippen molar-refractivity contribution in [2.24, 2.45) is 5.92 Å². The highest BCUT2D eigenvalue weighted by molar-refractivity contribution is 5.87. The molecule has 19 heavy (non-hydrogen) atoms. The van der Waals surface area contributed by atoms with Crippen LogP contribution in [0.1, 0.15) is 34.6 Å². The number of carbonyl (C=O) groups excluding carboxylic acids is 2. The van der Waals surface area contributed by atoms with Crippen LogP contribution < -0.4 is 10.6 Å². The second-order valence-corrected chi connectivity index (χ2v) is 5.57. The summed E-state index contributed by atoms with van der Waals surface area (Å²) in [6.07, 6.45) is -0.801. The standard InChI is InChI=1S/C13H24N2O4/c1-7-9(16)14-11(17)10(8(2)3)15-12(18)19-13(4,5)6/h7-8,10-11,17H,1H2,2-6H3,(H,14,16)(H,15,18)/t10-,11?/m0/s1. The lowest BCUT2D eigenvalue weighted by Crippen LogP contribution is -2.54. The predicted octanol–water partition coefficient (Wildman–Crippen LogP) is 1.16. The van der Waals surface area contributed by atoms with Gasteiger partial charge in [0.25, 0.3) is 0 Å². The fraction of sp³-hybridized carbons (Fsp3) is 0.692. The third-order valence-electron chi connectivity index (χ3n) is 2.22. The Morgan fingerprint density at radius 3 is 2.16 bits per heavy atom. The number of aliphatic hydroxyl groups is 1. The van der Waals surface area contributed by atoms with Crippen molar-refractivity contribution in [1.82, 2.24) is 10.6 Å². The van der Waals surface area contributed by atoms with Crippen LogP contribution in [-0.2, 0) is 9.53 Å². The predicted molar refractivity (Wildman–Crippen MR) is 72.3 cm³/mol. The van der Waals surface area contributed by atoms with E-state index in [1.807, 2.05) is 13.8 Å². The number of hydrogen-bond acceptors (Lipinski definition) is 4. The Bertz CT molecular complexity index is 334. The number of rotatable bonds is 5. The first-order valence-corrected chi connectivity index (χ1v) is 6.17. The van der Waals surface area contributed by atoms with Crippen molar-refractivity contribution < 1.29 is 19.4 Å². The first-order chi connectivity index (χ1) is 8.56. The number of aliphatic hydroxyl groups excluding tert-OH is 1. The van der Waals surface area contributed by atoms with E-state index in [9.17, 15) is 14.7 Å². The summed E-state index contributed by atoms with van der Waals surface area (Å²) in [5.74, 6) is -0.600. The molecule has 0 saturated carbocycles. The first kappa shape index (κ1) is 17.4. The molecule has 3 N–H and O–H groups in total. The number of alkyl carbamates (subject to hydrolysis) is 1. The fourth-order valence-electron chi connectivity index (χ4n) is 1.35. The van der Waals surface area contributed by atoms with Gasteiger partial charge in [0.1, 0.15) is 11.8 Å². The van der Waals surface area contributed by atoms with Crippen molar-refractivity contribution in [3.63, 3.8) is 0 Å². The Morgan fingerprint density at radius 2 is 1.79 bits per heavy atom. The molecule has 0 bridgehead atoms. The highest BCUT2D eigenvalue weighted by Gasteiger charge is 2.27. The molecule has 6 nitrogen and oxygen atoms in total. The topological polar surface area (TPSA) is 87.7 Å². The van der Waals surface area contributed by atoms with Crippen molar-refractivity contribution in [3.05, 3.63) is 12.7 Å². The molecular formula is C13H24N2O4. The third kappa shape index (κ3) is 7.46. The Balaban J connectivity index is 4.61. The minimum absolute atomic E-state index is 0.0902. The van der Waals surface area contributed by atoms with Gasteiger partial charge in [-0.1, -0.05) is 20.4 Å². The average Bonchev–Trinajstić information content (AvgIpc) is 2.22. The van der Waals surface area contributed by atoms with Crippen LogP contribution in [0.3, 0.4) is 0 Å². The Hall–Kier alpha value is -1.56. The molecule has 0 radical (unpaired) electrons. The second-order valence-electron chi connectivity index (χ2n) is 5.57. The molecule has 0 fully saturated rings. The van der Waals surface area contributed by atoms with Crippen LogP contribution in [0.25, 0.3) is 0 Å². The van der Waals surface area contributed by atoms with Crippen LogP contribution in [0.2, 0.25) is 0 Å². The molecule has 0 aliphatic rings. The van der Waals surface area contributed by atoms with Gasteiger partial charge in [-0.15, -0.1) is 0 Å². The Labute approximate surface area is 114 Å². The average molecular weight is 272 g/mol. The van der Waals surface area contributed by atoms with Crippen molar-refractivity contribution >= 4 is 12.0 Å². The molecule has 2 atom stereocenters. The Morgan fingerprint density at radius 1 is 1.26 bits per heavy atom. The van der Waals surface area contributed by atoms with E-state index in [0.717, 1.165) is 6.08 Å². The van der Waals surface area contributed by atoms with Gasteiger partial charge in [-0.2, -0.15) is 0 Å². The van der Waals surface area contributed by atoms with Gasteiger partial charge in [0.15, 0.2) is 0 Å². The maximum atomic E-state index is 11.7. The molecule has 6 heteroatoms. The molecule has 0 aromatic rings. The lowest BCUT2D eigenvalue weighted by molar-refractivity contribution is -0.120. The molecule has 0 aliphatic carbocycles. The number of hydrogen-bond donors (Lipinski definition) is 3. The molecule has 110 valence electrons. The van der Waals surface area contributed by atoms with Crippen LogP contribution in [0.5, 0.6) is 0 Å². The Kier molecular flexibility index (Phi) is 6.55. The van der Waals surface area contributed by atoms with Crippen molar-refractivity contribution in [2.75, 3.05) is 0 Å². The van der Waals surface area contributed by atoms with E-state index >= 15 is 0 Å². The lowest BCUT2D eigenvalue weighted by Gasteiger charge is -2.29. The minimum atomic E-state index is -1.21. The summed E-state index contributed by atoms with van der Waals surface area (Å²) in [5.41, 5.74) is -0.624. The van der Waals surface area contributed by atoms with Gasteiger partial charge in [0.05, 0.1) is 6.04 Å². The zero-order valence-electron chi connectivity index (χ0n) is 12.2. The normalized spacial score (nSPS) is 14.5. The first-order valence-electron chi connectivity index (χ1n) is 6.17. The molecule has 0 aromatic carbocycles. The maximum absolute atomic E-state index is 11.7. The van der Waals surface area contributed by atoms with E-state index in [0.29, 0.717) is 0 Å². The van der Waals surface area contributed by atoms with Gasteiger partial charge < -0.3 is 20.5 Å². The summed E-state index contributed by atoms with van der Waals surface area (Å²) in [6, 6.07) is -0.654. The monoisotopic (exact) mass is 272 g/mol. The van der Waals surface area contributed by atoms with E-state index in [1.54, 1.807) is 20.8 Å². The molecule has 0 heterocycles. The largest absolute Gasteiger partial charge is 0.444 e. The zero-order valence-corrected chi connectivity index (χ0v) is 12.2. The van der Waals surface area contributed by atoms with Gasteiger partial charge in [-0.25, -0.2) is 4.79 Å². The van der Waals surface area contributed by atoms with E-state index in [2.05, 4.69) is 17.2 Å². The van der Waals surface area contributed by atoms with E-state index in [-0.39, 0.29) is 5.92 Å². The van der Waals surface area contributed by atoms with Crippen LogP contribution in [0, 0.1) is 5.92 Å². The summed E-state index contributed by atoms with van der Waals surface area (Å²) in [7, 11) is 0. The second kappa shape index (κ2) is 7.13. The summed E-state index contributed by atoms with van der Waals surface area (Å²) >= 11 is 0. The van der Waals surface area contributed by atoms with E-state index in [1.165, 1.54) is 0 Å². The molecule has 1 unspecified atom stereocenters.